The zero-order valence-corrected chi connectivity index (χ0v) is 22.8. The lowest BCUT2D eigenvalue weighted by molar-refractivity contribution is -0.119. The Morgan fingerprint density at radius 3 is 2.05 bits per heavy atom. The highest BCUT2D eigenvalue weighted by molar-refractivity contribution is 7.92. The van der Waals surface area contributed by atoms with E-state index in [-0.39, 0.29) is 22.9 Å². The summed E-state index contributed by atoms with van der Waals surface area (Å²) in [4.78, 5) is 13.0. The van der Waals surface area contributed by atoms with E-state index in [1.165, 1.54) is 50.5 Å². The van der Waals surface area contributed by atoms with E-state index in [1.54, 1.807) is 30.3 Å². The quantitative estimate of drug-likeness (QED) is 0.371. The van der Waals surface area contributed by atoms with Gasteiger partial charge in [-0.15, -0.1) is 0 Å². The van der Waals surface area contributed by atoms with Gasteiger partial charge in [0.05, 0.1) is 22.0 Å². The number of amides is 1. The van der Waals surface area contributed by atoms with Crippen molar-refractivity contribution < 1.29 is 26.4 Å². The summed E-state index contributed by atoms with van der Waals surface area (Å²) in [5, 5.41) is 2.69. The smallest absolute Gasteiger partial charge is 0.264 e. The number of nitrogens with one attached hydrogen (secondary N) is 1. The maximum Gasteiger partial charge on any atom is 0.264 e. The lowest BCUT2D eigenvalue weighted by Crippen LogP contribution is -2.42. The number of hydrogen-bond donors (Lipinski definition) is 1. The highest BCUT2D eigenvalue weighted by Gasteiger charge is 2.28. The van der Waals surface area contributed by atoms with E-state index in [4.69, 9.17) is 4.74 Å². The van der Waals surface area contributed by atoms with Crippen molar-refractivity contribution in [1.29, 1.82) is 0 Å². The summed E-state index contributed by atoms with van der Waals surface area (Å²) in [7, 11) is -4.62. The Balaban J connectivity index is 1.67. The molecular weight excluding hydrogens is 514 g/mol. The normalized spacial score (nSPS) is 11.8. The molecule has 3 rings (SSSR count). The van der Waals surface area contributed by atoms with Crippen molar-refractivity contribution in [3.63, 3.8) is 0 Å². The lowest BCUT2D eigenvalue weighted by Gasteiger charge is -2.26. The van der Waals surface area contributed by atoms with Crippen LogP contribution in [0.1, 0.15) is 11.1 Å². The highest BCUT2D eigenvalue weighted by atomic mass is 32.2. The van der Waals surface area contributed by atoms with Crippen LogP contribution in [0.5, 0.6) is 5.75 Å². The second kappa shape index (κ2) is 11.8. The van der Waals surface area contributed by atoms with Gasteiger partial charge in [-0.25, -0.2) is 21.1 Å². The van der Waals surface area contributed by atoms with E-state index in [0.717, 1.165) is 19.7 Å². The number of benzene rings is 3. The summed E-state index contributed by atoms with van der Waals surface area (Å²) in [6.45, 7) is 3.53. The van der Waals surface area contributed by atoms with Crippen LogP contribution >= 0.6 is 0 Å². The molecule has 1 amide bonds. The fraction of sp³-hybridized carbons (Fsp3) is 0.269. The SMILES string of the molecule is Cc1cccc(N(CC(=O)NCCOc2ccc(S(=O)(=O)N(C)C)cc2)S(=O)(=O)c2ccccc2)c1C. The Labute approximate surface area is 218 Å². The highest BCUT2D eigenvalue weighted by Crippen LogP contribution is 2.28. The van der Waals surface area contributed by atoms with Crippen molar-refractivity contribution in [3.05, 3.63) is 83.9 Å². The molecule has 0 aliphatic carbocycles. The monoisotopic (exact) mass is 545 g/mol. The predicted octanol–water partition coefficient (Wildman–Crippen LogP) is 2.94. The van der Waals surface area contributed by atoms with Crippen LogP contribution in [0.3, 0.4) is 0 Å². The maximum absolute atomic E-state index is 13.5. The van der Waals surface area contributed by atoms with Gasteiger partial charge >= 0.3 is 0 Å². The third kappa shape index (κ3) is 6.68. The molecule has 3 aromatic carbocycles. The molecule has 0 saturated carbocycles. The van der Waals surface area contributed by atoms with Gasteiger partial charge in [0.2, 0.25) is 15.9 Å². The molecule has 0 unspecified atom stereocenters. The molecule has 0 bridgehead atoms. The van der Waals surface area contributed by atoms with E-state index in [9.17, 15) is 21.6 Å². The molecule has 0 radical (unpaired) electrons. The van der Waals surface area contributed by atoms with Gasteiger partial charge in [-0.2, -0.15) is 0 Å². The number of nitrogens with zero attached hydrogens (tertiary/aromatic N) is 2. The fourth-order valence-electron chi connectivity index (χ4n) is 3.49. The molecule has 11 heteroatoms. The molecule has 198 valence electrons. The summed E-state index contributed by atoms with van der Waals surface area (Å²) in [6, 6.07) is 19.3. The zero-order chi connectivity index (χ0) is 27.2. The number of sulfonamides is 2. The molecule has 1 N–H and O–H groups in total. The minimum atomic E-state index is -4.00. The van der Waals surface area contributed by atoms with Crippen LogP contribution in [0.4, 0.5) is 5.69 Å². The number of anilines is 1. The first-order valence-electron chi connectivity index (χ1n) is 11.5. The molecule has 0 aromatic heterocycles. The van der Waals surface area contributed by atoms with Crippen LogP contribution in [0, 0.1) is 13.8 Å². The third-order valence-electron chi connectivity index (χ3n) is 5.76. The number of aryl methyl sites for hydroxylation is 1. The van der Waals surface area contributed by atoms with Gasteiger partial charge in [-0.3, -0.25) is 9.10 Å². The van der Waals surface area contributed by atoms with Gasteiger partial charge in [0.1, 0.15) is 18.9 Å². The van der Waals surface area contributed by atoms with Gasteiger partial charge in [0, 0.05) is 14.1 Å². The Hall–Kier alpha value is -3.41. The van der Waals surface area contributed by atoms with Gasteiger partial charge < -0.3 is 10.1 Å². The molecule has 3 aromatic rings. The molecule has 0 atom stereocenters. The summed E-state index contributed by atoms with van der Waals surface area (Å²) in [5.74, 6) is -0.0490. The van der Waals surface area contributed by atoms with E-state index in [2.05, 4.69) is 5.32 Å². The number of rotatable bonds is 11. The first-order valence-corrected chi connectivity index (χ1v) is 14.4. The third-order valence-corrected chi connectivity index (χ3v) is 9.36. The van der Waals surface area contributed by atoms with E-state index in [1.807, 2.05) is 19.9 Å². The summed E-state index contributed by atoms with van der Waals surface area (Å²) < 4.78 is 59.1. The molecule has 0 saturated heterocycles. The van der Waals surface area contributed by atoms with Crippen LogP contribution in [-0.2, 0) is 24.8 Å². The summed E-state index contributed by atoms with van der Waals surface area (Å²) in [5.41, 5.74) is 2.10. The minimum Gasteiger partial charge on any atom is -0.492 e. The summed E-state index contributed by atoms with van der Waals surface area (Å²) in [6.07, 6.45) is 0. The molecule has 0 aliphatic heterocycles. The molecule has 9 nitrogen and oxygen atoms in total. The molecule has 0 heterocycles. The van der Waals surface area contributed by atoms with Gasteiger partial charge in [0.15, 0.2) is 0 Å². The number of carbonyl (C=O) groups is 1. The molecular formula is C26H31N3O6S2. The van der Waals surface area contributed by atoms with Crippen molar-refractivity contribution in [2.24, 2.45) is 0 Å². The second-order valence-corrected chi connectivity index (χ2v) is 12.5. The number of ether oxygens (including phenoxy) is 1. The first kappa shape index (κ1) is 28.2. The van der Waals surface area contributed by atoms with Crippen LogP contribution < -0.4 is 14.4 Å². The maximum atomic E-state index is 13.5. The van der Waals surface area contributed by atoms with E-state index >= 15 is 0 Å². The first-order chi connectivity index (χ1) is 17.4. The minimum absolute atomic E-state index is 0.0896. The Morgan fingerprint density at radius 1 is 0.811 bits per heavy atom. The van der Waals surface area contributed by atoms with Crippen LogP contribution in [-0.4, -0.2) is 60.8 Å². The number of hydrogen-bond acceptors (Lipinski definition) is 6. The average Bonchev–Trinajstić information content (AvgIpc) is 2.87. The van der Waals surface area contributed by atoms with Crippen LogP contribution in [0.25, 0.3) is 0 Å². The average molecular weight is 546 g/mol. The Bertz CT molecular complexity index is 1440. The lowest BCUT2D eigenvalue weighted by atomic mass is 10.1. The molecule has 0 fully saturated rings. The van der Waals surface area contributed by atoms with Crippen LogP contribution in [0.2, 0.25) is 0 Å². The van der Waals surface area contributed by atoms with Gasteiger partial charge in [-0.05, 0) is 67.4 Å². The van der Waals surface area contributed by atoms with Crippen LogP contribution in [0.15, 0.2) is 82.6 Å². The van der Waals surface area contributed by atoms with Gasteiger partial charge in [-0.1, -0.05) is 30.3 Å². The summed E-state index contributed by atoms with van der Waals surface area (Å²) >= 11 is 0. The topological polar surface area (TPSA) is 113 Å². The second-order valence-electron chi connectivity index (χ2n) is 8.50. The largest absolute Gasteiger partial charge is 0.492 e. The van der Waals surface area contributed by atoms with Crippen molar-refractivity contribution in [1.82, 2.24) is 9.62 Å². The number of carbonyl (C=O) groups excluding carboxylic acids is 1. The molecule has 37 heavy (non-hydrogen) atoms. The molecule has 0 aliphatic rings. The molecule has 0 spiro atoms. The van der Waals surface area contributed by atoms with E-state index < -0.39 is 32.5 Å². The van der Waals surface area contributed by atoms with Crippen molar-refractivity contribution in [2.75, 3.05) is 38.1 Å². The standard InChI is InChI=1S/C26H31N3O6S2/c1-20-9-8-12-25(21(20)2)29(37(33,34)23-10-6-5-7-11-23)19-26(30)27-17-18-35-22-13-15-24(16-14-22)36(31,32)28(3)4/h5-16H,17-19H2,1-4H3,(H,27,30). The zero-order valence-electron chi connectivity index (χ0n) is 21.2. The Kier molecular flexibility index (Phi) is 8.95. The van der Waals surface area contributed by atoms with Crippen molar-refractivity contribution in [2.45, 2.75) is 23.6 Å². The Morgan fingerprint density at radius 2 is 1.43 bits per heavy atom. The van der Waals surface area contributed by atoms with Crippen molar-refractivity contribution in [3.8, 4) is 5.75 Å². The van der Waals surface area contributed by atoms with Gasteiger partial charge in [0.25, 0.3) is 10.0 Å². The predicted molar refractivity (Wildman–Crippen MR) is 143 cm³/mol. The van der Waals surface area contributed by atoms with Crippen molar-refractivity contribution >= 4 is 31.6 Å². The van der Waals surface area contributed by atoms with E-state index in [0.29, 0.717) is 11.4 Å². The fourth-order valence-corrected chi connectivity index (χ4v) is 5.89.